The van der Waals surface area contributed by atoms with Crippen LogP contribution in [0.15, 0.2) is 29.1 Å². The third-order valence-corrected chi connectivity index (χ3v) is 2.27. The van der Waals surface area contributed by atoms with E-state index in [2.05, 4.69) is 4.98 Å². The molecule has 0 aliphatic rings. The lowest BCUT2D eigenvalue weighted by Gasteiger charge is -2.05. The van der Waals surface area contributed by atoms with Gasteiger partial charge in [-0.3, -0.25) is 0 Å². The van der Waals surface area contributed by atoms with E-state index in [4.69, 9.17) is 5.73 Å². The molecule has 6 nitrogen and oxygen atoms in total. The van der Waals surface area contributed by atoms with E-state index >= 15 is 0 Å². The summed E-state index contributed by atoms with van der Waals surface area (Å²) in [5.41, 5.74) is 5.72. The Labute approximate surface area is 89.9 Å². The lowest BCUT2D eigenvalue weighted by atomic mass is 10.2. The number of aromatic amines is 1. The Morgan fingerprint density at radius 3 is 2.81 bits per heavy atom. The van der Waals surface area contributed by atoms with Gasteiger partial charge in [0.05, 0.1) is 11.4 Å². The number of rotatable bonds is 2. The number of carboxylic acids is 1. The molecular weight excluding hydrogens is 210 g/mol. The van der Waals surface area contributed by atoms with Gasteiger partial charge in [-0.2, -0.15) is 4.57 Å². The van der Waals surface area contributed by atoms with Crippen molar-refractivity contribution in [2.24, 2.45) is 0 Å². The molecule has 0 saturated carbocycles. The van der Waals surface area contributed by atoms with Crippen molar-refractivity contribution in [2.45, 2.75) is 6.54 Å². The average molecular weight is 219 g/mol. The second-order valence-electron chi connectivity index (χ2n) is 3.32. The van der Waals surface area contributed by atoms with Crippen LogP contribution >= 0.6 is 0 Å². The van der Waals surface area contributed by atoms with Crippen molar-refractivity contribution in [2.75, 3.05) is 5.73 Å². The predicted molar refractivity (Wildman–Crippen MR) is 54.2 cm³/mol. The molecule has 0 aliphatic carbocycles. The zero-order chi connectivity index (χ0) is 11.7. The summed E-state index contributed by atoms with van der Waals surface area (Å²) in [4.78, 5) is 24.5. The lowest BCUT2D eigenvalue weighted by Crippen LogP contribution is -2.57. The molecule has 1 aromatic heterocycles. The maximum atomic E-state index is 11.5. The molecule has 3 N–H and O–H groups in total. The summed E-state index contributed by atoms with van der Waals surface area (Å²) in [6, 6.07) is 6.89. The Morgan fingerprint density at radius 2 is 2.12 bits per heavy atom. The maximum absolute atomic E-state index is 11.5. The summed E-state index contributed by atoms with van der Waals surface area (Å²) >= 11 is 0. The van der Waals surface area contributed by atoms with E-state index in [1.165, 1.54) is 0 Å². The van der Waals surface area contributed by atoms with Gasteiger partial charge < -0.3 is 15.6 Å². The fraction of sp³-hybridized carbons (Fsp3) is 0.100. The van der Waals surface area contributed by atoms with E-state index in [0.29, 0.717) is 10.9 Å². The van der Waals surface area contributed by atoms with Gasteiger partial charge in [0.2, 0.25) is 5.82 Å². The molecule has 6 heteroatoms. The fourth-order valence-corrected chi connectivity index (χ4v) is 1.54. The Bertz CT molecular complexity index is 618. The maximum Gasteiger partial charge on any atom is 0.441 e. The van der Waals surface area contributed by atoms with Crippen molar-refractivity contribution in [3.05, 3.63) is 34.7 Å². The molecule has 0 aliphatic heterocycles. The Kier molecular flexibility index (Phi) is 2.32. The standard InChI is InChI=1S/C10H9N3O3/c11-9-6-3-1-2-4-7(6)12-10(16)13(9)5-8(14)15/h1-4H,5H2,(H3,11,12,14,15,16). The summed E-state index contributed by atoms with van der Waals surface area (Å²) in [5, 5.41) is 11.1. The van der Waals surface area contributed by atoms with Crippen LogP contribution in [0.2, 0.25) is 0 Å². The van der Waals surface area contributed by atoms with Crippen molar-refractivity contribution in [1.29, 1.82) is 0 Å². The number of aromatic nitrogens is 2. The van der Waals surface area contributed by atoms with Gasteiger partial charge in [0.25, 0.3) is 0 Å². The molecule has 2 aromatic rings. The van der Waals surface area contributed by atoms with Gasteiger partial charge >= 0.3 is 5.69 Å². The molecule has 2 rings (SSSR count). The third-order valence-electron chi connectivity index (χ3n) is 2.27. The van der Waals surface area contributed by atoms with Crippen LogP contribution in [0, 0.1) is 0 Å². The van der Waals surface area contributed by atoms with Crippen LogP contribution in [0.4, 0.5) is 5.82 Å². The SMILES string of the molecule is Nc1c2ccccc2[nH]c(=O)[n+]1CC(=O)[O-]. The van der Waals surface area contributed by atoms with E-state index in [9.17, 15) is 14.7 Å². The van der Waals surface area contributed by atoms with Crippen LogP contribution < -0.4 is 21.1 Å². The molecule has 82 valence electrons. The summed E-state index contributed by atoms with van der Waals surface area (Å²) in [6.07, 6.45) is 0. The number of fused-ring (bicyclic) bond motifs is 1. The molecule has 1 heterocycles. The molecule has 0 bridgehead atoms. The molecule has 0 saturated heterocycles. The number of para-hydroxylation sites is 1. The summed E-state index contributed by atoms with van der Waals surface area (Å²) in [7, 11) is 0. The first-order valence-corrected chi connectivity index (χ1v) is 4.60. The number of nitrogens with one attached hydrogen (secondary N) is 1. The van der Waals surface area contributed by atoms with E-state index < -0.39 is 18.2 Å². The van der Waals surface area contributed by atoms with Crippen LogP contribution in [0.25, 0.3) is 10.9 Å². The van der Waals surface area contributed by atoms with E-state index in [0.717, 1.165) is 4.57 Å². The average Bonchev–Trinajstić information content (AvgIpc) is 2.24. The molecule has 0 unspecified atom stereocenters. The third kappa shape index (κ3) is 1.60. The quantitative estimate of drug-likeness (QED) is 0.578. The number of carbonyl (C=O) groups is 1. The van der Waals surface area contributed by atoms with E-state index in [1.54, 1.807) is 24.3 Å². The van der Waals surface area contributed by atoms with E-state index in [-0.39, 0.29) is 5.82 Å². The first-order valence-electron chi connectivity index (χ1n) is 4.60. The zero-order valence-corrected chi connectivity index (χ0v) is 8.27. The van der Waals surface area contributed by atoms with Gasteiger partial charge in [-0.15, -0.1) is 0 Å². The molecule has 0 fully saturated rings. The first kappa shape index (κ1) is 10.2. The first-order chi connectivity index (χ1) is 7.59. The highest BCUT2D eigenvalue weighted by atomic mass is 16.4. The van der Waals surface area contributed by atoms with Gasteiger partial charge in [-0.25, -0.2) is 9.78 Å². The number of nitrogens with zero attached hydrogens (tertiary/aromatic N) is 1. The number of hydrogen-bond acceptors (Lipinski definition) is 4. The number of carbonyl (C=O) groups excluding carboxylic acids is 1. The topological polar surface area (TPSA) is 103 Å². The molecule has 16 heavy (non-hydrogen) atoms. The molecule has 1 aromatic carbocycles. The lowest BCUT2D eigenvalue weighted by molar-refractivity contribution is -0.692. The number of carboxylic acid groups (broad SMARTS) is 1. The Morgan fingerprint density at radius 1 is 1.44 bits per heavy atom. The number of anilines is 1. The van der Waals surface area contributed by atoms with Gasteiger partial charge in [0.1, 0.15) is 12.1 Å². The van der Waals surface area contributed by atoms with E-state index in [1.807, 2.05) is 0 Å². The van der Waals surface area contributed by atoms with Gasteiger partial charge in [-0.05, 0) is 12.1 Å². The van der Waals surface area contributed by atoms with Crippen molar-refractivity contribution in [3.8, 4) is 0 Å². The Hall–Kier alpha value is -2.37. The summed E-state index contributed by atoms with van der Waals surface area (Å²) in [6.45, 7) is -0.563. The highest BCUT2D eigenvalue weighted by Gasteiger charge is 2.13. The van der Waals surface area contributed by atoms with Crippen molar-refractivity contribution >= 4 is 22.7 Å². The molecule has 0 atom stereocenters. The van der Waals surface area contributed by atoms with Crippen LogP contribution in [0.1, 0.15) is 0 Å². The largest absolute Gasteiger partial charge is 0.547 e. The molecule has 0 radical (unpaired) electrons. The fourth-order valence-electron chi connectivity index (χ4n) is 1.54. The number of benzene rings is 1. The van der Waals surface area contributed by atoms with Crippen LogP contribution in [0.3, 0.4) is 0 Å². The molecular formula is C10H9N3O3. The summed E-state index contributed by atoms with van der Waals surface area (Å²) in [5.74, 6) is -1.25. The number of aliphatic carboxylic acids is 1. The van der Waals surface area contributed by atoms with Gasteiger partial charge in [0.15, 0.2) is 0 Å². The van der Waals surface area contributed by atoms with Crippen LogP contribution in [0.5, 0.6) is 0 Å². The molecule has 0 amide bonds. The van der Waals surface area contributed by atoms with Crippen molar-refractivity contribution in [3.63, 3.8) is 0 Å². The van der Waals surface area contributed by atoms with Crippen LogP contribution in [-0.4, -0.2) is 11.0 Å². The van der Waals surface area contributed by atoms with Crippen molar-refractivity contribution in [1.82, 2.24) is 4.98 Å². The Balaban J connectivity index is 2.75. The smallest absolute Gasteiger partial charge is 0.441 e. The monoisotopic (exact) mass is 219 g/mol. The van der Waals surface area contributed by atoms with Gasteiger partial charge in [-0.1, -0.05) is 12.1 Å². The predicted octanol–water partition coefficient (Wildman–Crippen LogP) is -1.85. The van der Waals surface area contributed by atoms with Gasteiger partial charge in [0, 0.05) is 0 Å². The minimum Gasteiger partial charge on any atom is -0.547 e. The highest BCUT2D eigenvalue weighted by Crippen LogP contribution is 2.12. The van der Waals surface area contributed by atoms with Crippen molar-refractivity contribution < 1.29 is 14.5 Å². The summed E-state index contributed by atoms with van der Waals surface area (Å²) < 4.78 is 0.928. The number of H-pyrrole nitrogens is 1. The number of nitrogen functional groups attached to an aromatic ring is 1. The highest BCUT2D eigenvalue weighted by molar-refractivity contribution is 5.86. The minimum atomic E-state index is -1.36. The number of hydrogen-bond donors (Lipinski definition) is 2. The minimum absolute atomic E-state index is 0.114. The normalized spacial score (nSPS) is 10.5. The zero-order valence-electron chi connectivity index (χ0n) is 8.27. The molecule has 0 spiro atoms. The van der Waals surface area contributed by atoms with Crippen LogP contribution in [-0.2, 0) is 11.3 Å². The second kappa shape index (κ2) is 3.65. The number of nitrogens with two attached hydrogens (primary N) is 1. The second-order valence-corrected chi connectivity index (χ2v) is 3.32.